The van der Waals surface area contributed by atoms with Gasteiger partial charge >= 0.3 is 0 Å². The second kappa shape index (κ2) is 8.93. The van der Waals surface area contributed by atoms with E-state index in [2.05, 4.69) is 11.4 Å². The van der Waals surface area contributed by atoms with Crippen molar-refractivity contribution in [2.75, 3.05) is 33.4 Å². The number of carbonyl (C=O) groups excluding carboxylic acids is 2. The van der Waals surface area contributed by atoms with Crippen molar-refractivity contribution < 1.29 is 14.3 Å². The van der Waals surface area contributed by atoms with Gasteiger partial charge < -0.3 is 15.0 Å². The Kier molecular flexibility index (Phi) is 6.90. The first kappa shape index (κ1) is 17.0. The highest BCUT2D eigenvalue weighted by molar-refractivity contribution is 5.85. The minimum absolute atomic E-state index is 0.00436. The number of carbonyl (C=O) groups is 2. The smallest absolute Gasteiger partial charge is 0.242 e. The third-order valence-corrected chi connectivity index (χ3v) is 4.62. The number of amides is 2. The van der Waals surface area contributed by atoms with Crippen LogP contribution >= 0.6 is 0 Å². The number of nitrogens with zero attached hydrogens (tertiary/aromatic N) is 1. The molecule has 0 atom stereocenters. The number of nitrogens with one attached hydrogen (secondary N) is 1. The van der Waals surface area contributed by atoms with E-state index in [4.69, 9.17) is 4.74 Å². The summed E-state index contributed by atoms with van der Waals surface area (Å²) >= 11 is 0. The van der Waals surface area contributed by atoms with Gasteiger partial charge in [-0.1, -0.05) is 25.3 Å². The largest absolute Gasteiger partial charge is 0.380 e. The van der Waals surface area contributed by atoms with Gasteiger partial charge in [0.05, 0.1) is 13.2 Å². The quantitative estimate of drug-likeness (QED) is 0.762. The average molecular weight is 308 g/mol. The topological polar surface area (TPSA) is 58.6 Å². The first-order valence-electron chi connectivity index (χ1n) is 8.40. The summed E-state index contributed by atoms with van der Waals surface area (Å²) < 4.78 is 5.10. The molecule has 2 rings (SSSR count). The Morgan fingerprint density at radius 3 is 2.73 bits per heavy atom. The van der Waals surface area contributed by atoms with Gasteiger partial charge in [0.1, 0.15) is 0 Å². The van der Waals surface area contributed by atoms with E-state index in [1.54, 1.807) is 12.0 Å². The van der Waals surface area contributed by atoms with Crippen LogP contribution < -0.4 is 5.32 Å². The Morgan fingerprint density at radius 2 is 2.09 bits per heavy atom. The molecule has 2 amide bonds. The maximum atomic E-state index is 12.1. The van der Waals surface area contributed by atoms with E-state index in [-0.39, 0.29) is 18.4 Å². The summed E-state index contributed by atoms with van der Waals surface area (Å²) in [6, 6.07) is 0. The predicted octanol–water partition coefficient (Wildman–Crippen LogP) is 1.88. The van der Waals surface area contributed by atoms with Crippen molar-refractivity contribution in [1.29, 1.82) is 0 Å². The lowest BCUT2D eigenvalue weighted by molar-refractivity contribution is -0.132. The van der Waals surface area contributed by atoms with Crippen molar-refractivity contribution in [3.8, 4) is 0 Å². The van der Waals surface area contributed by atoms with Crippen molar-refractivity contribution in [3.63, 3.8) is 0 Å². The molecule has 1 heterocycles. The highest BCUT2D eigenvalue weighted by Crippen LogP contribution is 2.25. The van der Waals surface area contributed by atoms with Gasteiger partial charge in [0.2, 0.25) is 11.8 Å². The van der Waals surface area contributed by atoms with Gasteiger partial charge in [0, 0.05) is 26.6 Å². The van der Waals surface area contributed by atoms with Crippen LogP contribution in [0.15, 0.2) is 11.6 Å². The maximum absolute atomic E-state index is 12.1. The summed E-state index contributed by atoms with van der Waals surface area (Å²) in [5, 5.41) is 2.79. The highest BCUT2D eigenvalue weighted by atomic mass is 16.5. The minimum Gasteiger partial charge on any atom is -0.380 e. The van der Waals surface area contributed by atoms with E-state index in [0.29, 0.717) is 32.0 Å². The van der Waals surface area contributed by atoms with Crippen LogP contribution in [0.1, 0.15) is 44.9 Å². The summed E-state index contributed by atoms with van der Waals surface area (Å²) in [6.07, 6.45) is 9.56. The SMILES string of the molecule is COCC1=CCN(C(=O)CNC(=O)CC2CCCCC2)CC1. The van der Waals surface area contributed by atoms with Crippen LogP contribution in [0.25, 0.3) is 0 Å². The Labute approximate surface area is 133 Å². The monoisotopic (exact) mass is 308 g/mol. The van der Waals surface area contributed by atoms with Crippen molar-refractivity contribution in [2.45, 2.75) is 44.9 Å². The Bertz CT molecular complexity index is 414. The summed E-state index contributed by atoms with van der Waals surface area (Å²) in [4.78, 5) is 25.8. The highest BCUT2D eigenvalue weighted by Gasteiger charge is 2.20. The van der Waals surface area contributed by atoms with E-state index in [9.17, 15) is 9.59 Å². The molecule has 1 aliphatic carbocycles. The van der Waals surface area contributed by atoms with Crippen molar-refractivity contribution in [3.05, 3.63) is 11.6 Å². The fraction of sp³-hybridized carbons (Fsp3) is 0.765. The van der Waals surface area contributed by atoms with Gasteiger partial charge in [-0.05, 0) is 30.8 Å². The van der Waals surface area contributed by atoms with Gasteiger partial charge in [0.15, 0.2) is 0 Å². The van der Waals surface area contributed by atoms with Crippen molar-refractivity contribution in [1.82, 2.24) is 10.2 Å². The molecule has 1 aliphatic heterocycles. The predicted molar refractivity (Wildman–Crippen MR) is 85.4 cm³/mol. The molecule has 5 heteroatoms. The lowest BCUT2D eigenvalue weighted by Gasteiger charge is -2.26. The number of hydrogen-bond acceptors (Lipinski definition) is 3. The molecular weight excluding hydrogens is 280 g/mol. The number of methoxy groups -OCH3 is 1. The summed E-state index contributed by atoms with van der Waals surface area (Å²) in [6.45, 7) is 2.10. The van der Waals surface area contributed by atoms with E-state index >= 15 is 0 Å². The molecule has 0 saturated heterocycles. The summed E-state index contributed by atoms with van der Waals surface area (Å²) in [5.74, 6) is 0.538. The lowest BCUT2D eigenvalue weighted by atomic mass is 9.87. The molecule has 124 valence electrons. The van der Waals surface area contributed by atoms with E-state index in [1.165, 1.54) is 24.8 Å². The molecule has 2 aliphatic rings. The fourth-order valence-corrected chi connectivity index (χ4v) is 3.27. The van der Waals surface area contributed by atoms with Crippen LogP contribution in [-0.2, 0) is 14.3 Å². The molecule has 0 bridgehead atoms. The molecule has 0 radical (unpaired) electrons. The third-order valence-electron chi connectivity index (χ3n) is 4.62. The van der Waals surface area contributed by atoms with Gasteiger partial charge in [0.25, 0.3) is 0 Å². The van der Waals surface area contributed by atoms with Crippen LogP contribution in [0.3, 0.4) is 0 Å². The molecule has 1 saturated carbocycles. The maximum Gasteiger partial charge on any atom is 0.242 e. The first-order chi connectivity index (χ1) is 10.7. The second-order valence-corrected chi connectivity index (χ2v) is 6.37. The molecule has 0 unspecified atom stereocenters. The third kappa shape index (κ3) is 5.44. The second-order valence-electron chi connectivity index (χ2n) is 6.37. The zero-order valence-corrected chi connectivity index (χ0v) is 13.6. The number of hydrogen-bond donors (Lipinski definition) is 1. The molecule has 0 spiro atoms. The molecular formula is C17H28N2O3. The van der Waals surface area contributed by atoms with E-state index in [0.717, 1.165) is 19.3 Å². The summed E-state index contributed by atoms with van der Waals surface area (Å²) in [7, 11) is 1.68. The normalized spacial score (nSPS) is 19.7. The lowest BCUT2D eigenvalue weighted by Crippen LogP contribution is -2.42. The molecule has 0 aromatic carbocycles. The van der Waals surface area contributed by atoms with Gasteiger partial charge in [-0.25, -0.2) is 0 Å². The fourth-order valence-electron chi connectivity index (χ4n) is 3.27. The van der Waals surface area contributed by atoms with Crippen LogP contribution in [0.2, 0.25) is 0 Å². The van der Waals surface area contributed by atoms with E-state index in [1.807, 2.05) is 0 Å². The van der Waals surface area contributed by atoms with Crippen LogP contribution in [0.4, 0.5) is 0 Å². The molecule has 0 aromatic rings. The van der Waals surface area contributed by atoms with Crippen LogP contribution in [-0.4, -0.2) is 50.1 Å². The molecule has 22 heavy (non-hydrogen) atoms. The van der Waals surface area contributed by atoms with Crippen LogP contribution in [0, 0.1) is 5.92 Å². The van der Waals surface area contributed by atoms with Gasteiger partial charge in [-0.15, -0.1) is 0 Å². The van der Waals surface area contributed by atoms with Crippen LogP contribution in [0.5, 0.6) is 0 Å². The molecule has 1 N–H and O–H groups in total. The minimum atomic E-state index is 0.00436. The van der Waals surface area contributed by atoms with Crippen molar-refractivity contribution >= 4 is 11.8 Å². The Morgan fingerprint density at radius 1 is 1.32 bits per heavy atom. The van der Waals surface area contributed by atoms with Crippen molar-refractivity contribution in [2.24, 2.45) is 5.92 Å². The van der Waals surface area contributed by atoms with Gasteiger partial charge in [-0.3, -0.25) is 9.59 Å². The molecule has 0 aromatic heterocycles. The average Bonchev–Trinajstić information content (AvgIpc) is 2.54. The Hall–Kier alpha value is -1.36. The van der Waals surface area contributed by atoms with E-state index < -0.39 is 0 Å². The first-order valence-corrected chi connectivity index (χ1v) is 8.40. The number of rotatable bonds is 6. The molecule has 1 fully saturated rings. The molecule has 5 nitrogen and oxygen atoms in total. The number of ether oxygens (including phenoxy) is 1. The summed E-state index contributed by atoms with van der Waals surface area (Å²) in [5.41, 5.74) is 1.24. The standard InChI is InChI=1S/C17H28N2O3/c1-22-13-15-7-9-19(10-8-15)17(21)12-18-16(20)11-14-5-3-2-4-6-14/h7,14H,2-6,8-13H2,1H3,(H,18,20). The Balaban J connectivity index is 1.66. The zero-order chi connectivity index (χ0) is 15.8. The van der Waals surface area contributed by atoms with Gasteiger partial charge in [-0.2, -0.15) is 0 Å². The zero-order valence-electron chi connectivity index (χ0n) is 13.6.